The van der Waals surface area contributed by atoms with Gasteiger partial charge in [-0.1, -0.05) is 12.8 Å². The minimum Gasteiger partial charge on any atom is -1.00 e. The van der Waals surface area contributed by atoms with E-state index in [0.717, 1.165) is 25.1 Å². The zero-order valence-corrected chi connectivity index (χ0v) is 10.5. The summed E-state index contributed by atoms with van der Waals surface area (Å²) in [7, 11) is 0. The van der Waals surface area contributed by atoms with Gasteiger partial charge in [0.05, 0.1) is 0 Å². The maximum absolute atomic E-state index is 6.61. The normalized spacial score (nSPS) is 7.27. The van der Waals surface area contributed by atoms with Crippen LogP contribution in [0, 0.1) is 12.3 Å². The molecule has 0 spiro atoms. The first-order chi connectivity index (χ1) is 4.41. The SMILES string of the molecule is [Br-].[C-]#CCCCCCCCl.[Mg+2]. The monoisotopic (exact) mass is 246 g/mol. The quantitative estimate of drug-likeness (QED) is 0.200. The fourth-order valence-corrected chi connectivity index (χ4v) is 0.850. The summed E-state index contributed by atoms with van der Waals surface area (Å²) in [6.07, 6.45) is 12.0. The fraction of sp³-hybridized carbons (Fsp3) is 0.750. The van der Waals surface area contributed by atoms with Gasteiger partial charge in [-0.2, -0.15) is 0 Å². The predicted octanol–water partition coefficient (Wildman–Crippen LogP) is -0.611. The maximum atomic E-state index is 6.61. The van der Waals surface area contributed by atoms with E-state index in [-0.39, 0.29) is 40.0 Å². The Labute approximate surface area is 101 Å². The zero-order valence-electron chi connectivity index (χ0n) is 6.71. The van der Waals surface area contributed by atoms with E-state index < -0.39 is 0 Å². The molecule has 0 aliphatic carbocycles. The van der Waals surface area contributed by atoms with E-state index in [1.165, 1.54) is 12.8 Å². The summed E-state index contributed by atoms with van der Waals surface area (Å²) in [5.74, 6) is 3.13. The van der Waals surface area contributed by atoms with Gasteiger partial charge in [0.2, 0.25) is 0 Å². The molecule has 0 rings (SSSR count). The van der Waals surface area contributed by atoms with Crippen molar-refractivity contribution in [2.75, 3.05) is 5.88 Å². The van der Waals surface area contributed by atoms with Gasteiger partial charge >= 0.3 is 23.1 Å². The summed E-state index contributed by atoms with van der Waals surface area (Å²) in [4.78, 5) is 0. The Bertz CT molecular complexity index is 90.6. The van der Waals surface area contributed by atoms with E-state index in [9.17, 15) is 0 Å². The van der Waals surface area contributed by atoms with E-state index in [0.29, 0.717) is 0 Å². The van der Waals surface area contributed by atoms with Crippen LogP contribution < -0.4 is 17.0 Å². The molecule has 0 aromatic carbocycles. The molecule has 0 atom stereocenters. The van der Waals surface area contributed by atoms with E-state index in [2.05, 4.69) is 5.92 Å². The molecular formula is C8H12BrClMg. The summed E-state index contributed by atoms with van der Waals surface area (Å²) >= 11 is 5.46. The average molecular weight is 248 g/mol. The molecule has 0 aliphatic rings. The second-order valence-electron chi connectivity index (χ2n) is 2.03. The number of hydrogen-bond donors (Lipinski definition) is 0. The molecule has 0 saturated heterocycles. The summed E-state index contributed by atoms with van der Waals surface area (Å²) < 4.78 is 0. The molecule has 0 nitrogen and oxygen atoms in total. The van der Waals surface area contributed by atoms with Gasteiger partial charge in [0.1, 0.15) is 0 Å². The number of alkyl halides is 1. The second kappa shape index (κ2) is 17.3. The van der Waals surface area contributed by atoms with Gasteiger partial charge in [-0.3, -0.25) is 0 Å². The van der Waals surface area contributed by atoms with Crippen LogP contribution in [0.3, 0.4) is 0 Å². The zero-order chi connectivity index (χ0) is 6.95. The Kier molecular flexibility index (Phi) is 28.2. The third-order valence-corrected chi connectivity index (χ3v) is 1.45. The van der Waals surface area contributed by atoms with Crippen LogP contribution in [0.1, 0.15) is 32.1 Å². The Morgan fingerprint density at radius 2 is 1.64 bits per heavy atom. The van der Waals surface area contributed by atoms with Gasteiger partial charge < -0.3 is 29.3 Å². The molecule has 0 amide bonds. The third kappa shape index (κ3) is 18.2. The first-order valence-corrected chi connectivity index (χ1v) is 3.91. The van der Waals surface area contributed by atoms with E-state index in [1.54, 1.807) is 0 Å². The molecule has 0 aliphatic heterocycles. The largest absolute Gasteiger partial charge is 2.00 e. The average Bonchev–Trinajstić information content (AvgIpc) is 1.89. The van der Waals surface area contributed by atoms with Gasteiger partial charge in [0.15, 0.2) is 0 Å². The van der Waals surface area contributed by atoms with Crippen LogP contribution in [0.2, 0.25) is 0 Å². The Balaban J connectivity index is -0.000000320. The van der Waals surface area contributed by atoms with Crippen molar-refractivity contribution in [2.24, 2.45) is 0 Å². The number of halogens is 2. The fourth-order valence-electron chi connectivity index (χ4n) is 0.661. The third-order valence-electron chi connectivity index (χ3n) is 1.19. The van der Waals surface area contributed by atoms with Crippen molar-refractivity contribution in [1.29, 1.82) is 0 Å². The summed E-state index contributed by atoms with van der Waals surface area (Å²) in [5.41, 5.74) is 0. The van der Waals surface area contributed by atoms with Crippen molar-refractivity contribution in [3.63, 3.8) is 0 Å². The maximum Gasteiger partial charge on any atom is 2.00 e. The molecule has 0 aromatic heterocycles. The van der Waals surface area contributed by atoms with Crippen LogP contribution in [0.5, 0.6) is 0 Å². The molecule has 60 valence electrons. The minimum atomic E-state index is 0. The standard InChI is InChI=1S/C8H12Cl.BrH.Mg/c1-2-3-4-5-6-7-8-9;;/h3-8H2;1H;/q-1;;+2/p-1. The molecule has 0 bridgehead atoms. The molecule has 0 fully saturated rings. The number of unbranched alkanes of at least 4 members (excludes halogenated alkanes) is 4. The van der Waals surface area contributed by atoms with Crippen LogP contribution in [0.15, 0.2) is 0 Å². The van der Waals surface area contributed by atoms with Crippen LogP contribution in [0.25, 0.3) is 0 Å². The van der Waals surface area contributed by atoms with Gasteiger partial charge in [-0.05, 0) is 19.3 Å². The van der Waals surface area contributed by atoms with Crippen LogP contribution in [-0.4, -0.2) is 28.9 Å². The van der Waals surface area contributed by atoms with E-state index in [1.807, 2.05) is 0 Å². The van der Waals surface area contributed by atoms with E-state index >= 15 is 0 Å². The van der Waals surface area contributed by atoms with Crippen LogP contribution in [0.4, 0.5) is 0 Å². The molecule has 0 heterocycles. The Morgan fingerprint density at radius 3 is 2.09 bits per heavy atom. The Morgan fingerprint density at radius 1 is 1.09 bits per heavy atom. The van der Waals surface area contributed by atoms with E-state index in [4.69, 9.17) is 18.0 Å². The minimum absolute atomic E-state index is 0. The smallest absolute Gasteiger partial charge is 1.00 e. The van der Waals surface area contributed by atoms with Crippen molar-refractivity contribution in [2.45, 2.75) is 32.1 Å². The molecule has 11 heavy (non-hydrogen) atoms. The molecule has 0 radical (unpaired) electrons. The van der Waals surface area contributed by atoms with Gasteiger partial charge in [0.25, 0.3) is 0 Å². The predicted molar refractivity (Wildman–Crippen MR) is 46.7 cm³/mol. The Hall–Kier alpha value is 1.10. The summed E-state index contributed by atoms with van der Waals surface area (Å²) in [6.45, 7) is 0. The molecule has 0 N–H and O–H groups in total. The number of rotatable bonds is 5. The van der Waals surface area contributed by atoms with Gasteiger partial charge in [-0.15, -0.1) is 11.6 Å². The van der Waals surface area contributed by atoms with Crippen LogP contribution in [-0.2, 0) is 0 Å². The van der Waals surface area contributed by atoms with Crippen molar-refractivity contribution in [1.82, 2.24) is 0 Å². The molecule has 0 unspecified atom stereocenters. The molecule has 0 aromatic rings. The molecule has 0 saturated carbocycles. The van der Waals surface area contributed by atoms with Gasteiger partial charge in [-0.25, -0.2) is 0 Å². The first-order valence-electron chi connectivity index (χ1n) is 3.37. The topological polar surface area (TPSA) is 0 Å². The summed E-state index contributed by atoms with van der Waals surface area (Å²) in [6, 6.07) is 0. The van der Waals surface area contributed by atoms with Gasteiger partial charge in [0, 0.05) is 5.88 Å². The molecular weight excluding hydrogens is 236 g/mol. The second-order valence-corrected chi connectivity index (χ2v) is 2.41. The van der Waals surface area contributed by atoms with Crippen molar-refractivity contribution in [3.8, 4) is 5.92 Å². The number of hydrogen-bond acceptors (Lipinski definition) is 0. The van der Waals surface area contributed by atoms with Crippen LogP contribution >= 0.6 is 11.6 Å². The van der Waals surface area contributed by atoms with Crippen molar-refractivity contribution >= 4 is 34.7 Å². The van der Waals surface area contributed by atoms with Crippen molar-refractivity contribution in [3.05, 3.63) is 6.42 Å². The first kappa shape index (κ1) is 18.0. The van der Waals surface area contributed by atoms with Crippen molar-refractivity contribution < 1.29 is 17.0 Å². The molecule has 3 heteroatoms. The summed E-state index contributed by atoms with van der Waals surface area (Å²) in [5, 5.41) is 0.